The highest BCUT2D eigenvalue weighted by Gasteiger charge is 2.40. The molecule has 0 spiro atoms. The first-order valence-corrected chi connectivity index (χ1v) is 11.6. The molecule has 0 unspecified atom stereocenters. The van der Waals surface area contributed by atoms with E-state index in [0.717, 1.165) is 9.80 Å². The minimum atomic E-state index is -0.690. The Hall–Kier alpha value is -6.11. The minimum Gasteiger partial charge on any atom is -0.268 e. The highest BCUT2D eigenvalue weighted by Crippen LogP contribution is 2.40. The Bertz CT molecular complexity index is 1930. The van der Waals surface area contributed by atoms with E-state index in [0.29, 0.717) is 11.1 Å². The summed E-state index contributed by atoms with van der Waals surface area (Å²) >= 11 is 0. The Morgan fingerprint density at radius 2 is 0.897 bits per heavy atom. The fraction of sp³-hybridized carbons (Fsp3) is 0.0333. The highest BCUT2D eigenvalue weighted by atomic mass is 16.2. The number of hydrogen-bond donors (Lipinski definition) is 0. The number of hydrogen-bond acceptors (Lipinski definition) is 7. The second kappa shape index (κ2) is 8.21. The zero-order valence-corrected chi connectivity index (χ0v) is 20.1. The van der Waals surface area contributed by atoms with Crippen LogP contribution in [0.25, 0.3) is 10.8 Å². The van der Waals surface area contributed by atoms with Gasteiger partial charge in [-0.05, 0) is 67.1 Å². The molecule has 2 heterocycles. The molecule has 0 N–H and O–H groups in total. The Balaban J connectivity index is 1.52. The number of rotatable bonds is 2. The van der Waals surface area contributed by atoms with Gasteiger partial charge in [0.1, 0.15) is 12.1 Å². The van der Waals surface area contributed by atoms with E-state index in [1.54, 1.807) is 19.1 Å². The molecule has 4 aromatic carbocycles. The maximum absolute atomic E-state index is 13.6. The van der Waals surface area contributed by atoms with Crippen molar-refractivity contribution in [2.75, 3.05) is 9.80 Å². The first-order chi connectivity index (χ1) is 18.8. The van der Waals surface area contributed by atoms with Gasteiger partial charge in [0.05, 0.1) is 34.1 Å². The third kappa shape index (κ3) is 3.10. The molecular formula is C30H13N5O4. The zero-order chi connectivity index (χ0) is 27.6. The van der Waals surface area contributed by atoms with Gasteiger partial charge in [0.2, 0.25) is 0 Å². The van der Waals surface area contributed by atoms with Crippen LogP contribution in [0.15, 0.2) is 60.7 Å². The van der Waals surface area contributed by atoms with E-state index >= 15 is 0 Å². The van der Waals surface area contributed by atoms with Crippen LogP contribution in [0.2, 0.25) is 0 Å². The van der Waals surface area contributed by atoms with Gasteiger partial charge in [-0.25, -0.2) is 9.80 Å². The van der Waals surface area contributed by atoms with Crippen LogP contribution < -0.4 is 9.80 Å². The summed E-state index contributed by atoms with van der Waals surface area (Å²) in [5.41, 5.74) is 2.00. The van der Waals surface area contributed by atoms with Crippen molar-refractivity contribution in [1.29, 1.82) is 15.8 Å². The molecule has 0 atom stereocenters. The monoisotopic (exact) mass is 507 g/mol. The van der Waals surface area contributed by atoms with Crippen molar-refractivity contribution in [2.24, 2.45) is 0 Å². The van der Waals surface area contributed by atoms with E-state index in [1.807, 2.05) is 12.1 Å². The van der Waals surface area contributed by atoms with Crippen LogP contribution in [-0.2, 0) is 0 Å². The summed E-state index contributed by atoms with van der Waals surface area (Å²) in [4.78, 5) is 56.3. The van der Waals surface area contributed by atoms with E-state index in [1.165, 1.54) is 48.5 Å². The van der Waals surface area contributed by atoms with Crippen LogP contribution in [0.5, 0.6) is 0 Å². The quantitative estimate of drug-likeness (QED) is 0.366. The third-order valence-corrected chi connectivity index (χ3v) is 7.00. The van der Waals surface area contributed by atoms with Gasteiger partial charge < -0.3 is 0 Å². The van der Waals surface area contributed by atoms with Crippen LogP contribution in [-0.4, -0.2) is 23.6 Å². The lowest BCUT2D eigenvalue weighted by Crippen LogP contribution is -2.43. The largest absolute Gasteiger partial charge is 0.268 e. The Morgan fingerprint density at radius 1 is 0.513 bits per heavy atom. The number of benzene rings is 4. The Morgan fingerprint density at radius 3 is 1.31 bits per heavy atom. The molecular weight excluding hydrogens is 494 g/mol. The number of imide groups is 2. The highest BCUT2D eigenvalue weighted by molar-refractivity contribution is 6.42. The second-order valence-electron chi connectivity index (χ2n) is 9.03. The number of aryl methyl sites for hydroxylation is 1. The van der Waals surface area contributed by atoms with Crippen molar-refractivity contribution in [3.63, 3.8) is 0 Å². The molecule has 0 saturated carbocycles. The normalized spacial score (nSPS) is 13.8. The fourth-order valence-electron chi connectivity index (χ4n) is 5.07. The van der Waals surface area contributed by atoms with Crippen LogP contribution >= 0.6 is 0 Å². The Labute approximate surface area is 220 Å². The molecule has 0 aliphatic carbocycles. The van der Waals surface area contributed by atoms with Gasteiger partial charge >= 0.3 is 0 Å². The maximum Gasteiger partial charge on any atom is 0.265 e. The molecule has 182 valence electrons. The van der Waals surface area contributed by atoms with Gasteiger partial charge in [0.15, 0.2) is 0 Å². The van der Waals surface area contributed by atoms with E-state index in [9.17, 15) is 35.0 Å². The van der Waals surface area contributed by atoms with Crippen LogP contribution in [0.3, 0.4) is 0 Å². The molecule has 39 heavy (non-hydrogen) atoms. The molecule has 6 rings (SSSR count). The smallest absolute Gasteiger partial charge is 0.265 e. The molecule has 0 bridgehead atoms. The predicted octanol–water partition coefficient (Wildman–Crippen LogP) is 4.36. The molecule has 0 radical (unpaired) electrons. The van der Waals surface area contributed by atoms with Gasteiger partial charge in [0.25, 0.3) is 23.6 Å². The van der Waals surface area contributed by atoms with E-state index in [4.69, 9.17) is 0 Å². The lowest BCUT2D eigenvalue weighted by molar-refractivity contribution is 0.0873. The standard InChI is InChI=1S/C30H13N5O4/c1-15-2-4-19(10-17(15)13-32)34-27(36)21-6-8-23-26-24(9-7-22(25(21)26)28(34)37)30(39)35(29(23)38)20-5-3-16(12-31)18(11-20)14-33/h2-11H,1H3. The van der Waals surface area contributed by atoms with Crippen molar-refractivity contribution in [1.82, 2.24) is 0 Å². The predicted molar refractivity (Wildman–Crippen MR) is 138 cm³/mol. The molecule has 2 aliphatic rings. The molecule has 0 aromatic heterocycles. The SMILES string of the molecule is Cc1ccc(N2C(=O)c3ccc4c5c(ccc(c35)C2=O)C(=O)N(c2ccc(C#N)c(C#N)c2)C4=O)cc1C#N. The van der Waals surface area contributed by atoms with Crippen molar-refractivity contribution in [3.8, 4) is 18.2 Å². The van der Waals surface area contributed by atoms with E-state index in [-0.39, 0.29) is 55.5 Å². The number of nitriles is 3. The van der Waals surface area contributed by atoms with E-state index in [2.05, 4.69) is 6.07 Å². The summed E-state index contributed by atoms with van der Waals surface area (Å²) in [5.74, 6) is -2.66. The lowest BCUT2D eigenvalue weighted by Gasteiger charge is -2.32. The molecule has 2 aliphatic heterocycles. The van der Waals surface area contributed by atoms with Crippen molar-refractivity contribution < 1.29 is 19.2 Å². The number of amides is 4. The molecule has 9 heteroatoms. The number of nitrogens with zero attached hydrogens (tertiary/aromatic N) is 5. The number of anilines is 2. The van der Waals surface area contributed by atoms with Crippen molar-refractivity contribution in [3.05, 3.63) is 105 Å². The Kier molecular flexibility index (Phi) is 4.90. The average Bonchev–Trinajstić information content (AvgIpc) is 2.95. The fourth-order valence-corrected chi connectivity index (χ4v) is 5.07. The maximum atomic E-state index is 13.6. The summed E-state index contributed by atoms with van der Waals surface area (Å²) < 4.78 is 0. The van der Waals surface area contributed by atoms with Gasteiger partial charge in [-0.15, -0.1) is 0 Å². The zero-order valence-electron chi connectivity index (χ0n) is 20.1. The summed E-state index contributed by atoms with van der Waals surface area (Å²) in [6, 6.07) is 20.4. The number of carbonyl (C=O) groups is 4. The first-order valence-electron chi connectivity index (χ1n) is 11.6. The summed E-state index contributed by atoms with van der Waals surface area (Å²) in [6.07, 6.45) is 0. The molecule has 4 aromatic rings. The summed E-state index contributed by atoms with van der Waals surface area (Å²) in [7, 11) is 0. The lowest BCUT2D eigenvalue weighted by atomic mass is 9.85. The van der Waals surface area contributed by atoms with Crippen molar-refractivity contribution >= 4 is 45.8 Å². The first kappa shape index (κ1) is 23.3. The van der Waals surface area contributed by atoms with Crippen LogP contribution in [0, 0.1) is 40.9 Å². The van der Waals surface area contributed by atoms with Gasteiger partial charge in [-0.1, -0.05) is 6.07 Å². The van der Waals surface area contributed by atoms with E-state index < -0.39 is 23.6 Å². The number of carbonyl (C=O) groups excluding carboxylic acids is 4. The summed E-state index contributed by atoms with van der Waals surface area (Å²) in [5, 5.41) is 28.5. The van der Waals surface area contributed by atoms with Gasteiger partial charge in [0, 0.05) is 33.0 Å². The van der Waals surface area contributed by atoms with Crippen LogP contribution in [0.4, 0.5) is 11.4 Å². The third-order valence-electron chi connectivity index (χ3n) is 7.00. The van der Waals surface area contributed by atoms with Crippen LogP contribution in [0.1, 0.15) is 63.7 Å². The molecule has 0 saturated heterocycles. The second-order valence-corrected chi connectivity index (χ2v) is 9.03. The van der Waals surface area contributed by atoms with Gasteiger partial charge in [-0.2, -0.15) is 15.8 Å². The van der Waals surface area contributed by atoms with Gasteiger partial charge in [-0.3, -0.25) is 19.2 Å². The molecule has 4 amide bonds. The molecule has 0 fully saturated rings. The molecule has 9 nitrogen and oxygen atoms in total. The van der Waals surface area contributed by atoms with Crippen molar-refractivity contribution in [2.45, 2.75) is 6.92 Å². The average molecular weight is 507 g/mol. The topological polar surface area (TPSA) is 146 Å². The summed E-state index contributed by atoms with van der Waals surface area (Å²) in [6.45, 7) is 1.75. The minimum absolute atomic E-state index is 0.0126.